The molecule has 0 aliphatic heterocycles. The Bertz CT molecular complexity index is 285. The molecule has 0 heterocycles. The van der Waals surface area contributed by atoms with Crippen molar-refractivity contribution in [2.24, 2.45) is 0 Å². The maximum Gasteiger partial charge on any atom is 0.0656 e. The number of anilines is 2. The average Bonchev–Trinajstić information content (AvgIpc) is 2.13. The Morgan fingerprint density at radius 2 is 1.86 bits per heavy atom. The monoisotopic (exact) mass is 234 g/mol. The maximum absolute atomic E-state index is 5.92. The number of rotatable bonds is 3. The van der Waals surface area contributed by atoms with E-state index in [0.717, 1.165) is 18.8 Å². The van der Waals surface area contributed by atoms with E-state index in [1.54, 1.807) is 0 Å². The third-order valence-corrected chi connectivity index (χ3v) is 2.44. The van der Waals surface area contributed by atoms with Crippen LogP contribution in [0.25, 0.3) is 0 Å². The van der Waals surface area contributed by atoms with Crippen LogP contribution in [0.5, 0.6) is 0 Å². The van der Waals surface area contributed by atoms with E-state index in [1.165, 1.54) is 0 Å². The molecule has 0 atom stereocenters. The topological polar surface area (TPSA) is 29.3 Å². The molecule has 0 radical (unpaired) electrons. The molecule has 0 saturated carbocycles. The fourth-order valence-corrected chi connectivity index (χ4v) is 1.48. The van der Waals surface area contributed by atoms with Crippen LogP contribution in [0.3, 0.4) is 0 Å². The molecule has 2 nitrogen and oxygen atoms in total. The minimum Gasteiger partial charge on any atom is -0.398 e. The Balaban J connectivity index is 0.00000169. The van der Waals surface area contributed by atoms with E-state index in [1.807, 2.05) is 18.2 Å². The van der Waals surface area contributed by atoms with Crippen molar-refractivity contribution in [1.29, 1.82) is 0 Å². The molecular formula is C10H16Cl2N2. The van der Waals surface area contributed by atoms with E-state index < -0.39 is 0 Å². The number of nitrogen functional groups attached to an aromatic ring is 1. The zero-order chi connectivity index (χ0) is 9.84. The minimum atomic E-state index is 0. The molecule has 4 heteroatoms. The summed E-state index contributed by atoms with van der Waals surface area (Å²) in [6, 6.07) is 5.74. The smallest absolute Gasteiger partial charge is 0.0656 e. The molecule has 0 aliphatic carbocycles. The van der Waals surface area contributed by atoms with Gasteiger partial charge in [-0.3, -0.25) is 0 Å². The maximum atomic E-state index is 5.92. The zero-order valence-electron chi connectivity index (χ0n) is 8.46. The van der Waals surface area contributed by atoms with Crippen LogP contribution in [0.2, 0.25) is 5.02 Å². The van der Waals surface area contributed by atoms with E-state index in [9.17, 15) is 0 Å². The van der Waals surface area contributed by atoms with Gasteiger partial charge in [-0.1, -0.05) is 11.6 Å². The number of hydrogen-bond donors (Lipinski definition) is 1. The van der Waals surface area contributed by atoms with E-state index in [0.29, 0.717) is 10.7 Å². The molecule has 0 fully saturated rings. The summed E-state index contributed by atoms with van der Waals surface area (Å²) in [5.41, 5.74) is 7.39. The predicted molar refractivity (Wildman–Crippen MR) is 66.7 cm³/mol. The number of nitrogens with two attached hydrogens (primary N) is 1. The summed E-state index contributed by atoms with van der Waals surface area (Å²) in [5.74, 6) is 0. The Kier molecular flexibility index (Phi) is 5.73. The summed E-state index contributed by atoms with van der Waals surface area (Å²) in [4.78, 5) is 2.23. The van der Waals surface area contributed by atoms with Crippen molar-refractivity contribution in [3.63, 3.8) is 0 Å². The molecule has 80 valence electrons. The average molecular weight is 235 g/mol. The second kappa shape index (κ2) is 5.99. The number of halogens is 2. The van der Waals surface area contributed by atoms with Crippen molar-refractivity contribution in [2.75, 3.05) is 23.7 Å². The lowest BCUT2D eigenvalue weighted by atomic mass is 10.2. The zero-order valence-corrected chi connectivity index (χ0v) is 10.0. The Labute approximate surface area is 96.4 Å². The molecule has 0 saturated heterocycles. The molecule has 0 amide bonds. The lowest BCUT2D eigenvalue weighted by Crippen LogP contribution is -2.21. The summed E-state index contributed by atoms with van der Waals surface area (Å²) in [6.45, 7) is 6.20. The second-order valence-corrected chi connectivity index (χ2v) is 3.29. The van der Waals surface area contributed by atoms with Gasteiger partial charge in [-0.05, 0) is 32.0 Å². The van der Waals surface area contributed by atoms with Crippen LogP contribution in [0, 0.1) is 0 Å². The molecule has 0 bridgehead atoms. The number of benzene rings is 1. The van der Waals surface area contributed by atoms with Crippen LogP contribution >= 0.6 is 24.0 Å². The van der Waals surface area contributed by atoms with Crippen molar-refractivity contribution < 1.29 is 0 Å². The van der Waals surface area contributed by atoms with Crippen LogP contribution in [-0.4, -0.2) is 13.1 Å². The van der Waals surface area contributed by atoms with E-state index in [2.05, 4.69) is 18.7 Å². The van der Waals surface area contributed by atoms with Gasteiger partial charge in [0.1, 0.15) is 0 Å². The molecule has 14 heavy (non-hydrogen) atoms. The van der Waals surface area contributed by atoms with Gasteiger partial charge in [-0.15, -0.1) is 12.4 Å². The summed E-state index contributed by atoms with van der Waals surface area (Å²) < 4.78 is 0. The summed E-state index contributed by atoms with van der Waals surface area (Å²) in [7, 11) is 0. The fraction of sp³-hybridized carbons (Fsp3) is 0.400. The Morgan fingerprint density at radius 1 is 1.29 bits per heavy atom. The minimum absolute atomic E-state index is 0. The first-order chi connectivity index (χ1) is 6.19. The van der Waals surface area contributed by atoms with Crippen LogP contribution in [0.4, 0.5) is 11.4 Å². The van der Waals surface area contributed by atoms with Gasteiger partial charge in [0.2, 0.25) is 0 Å². The van der Waals surface area contributed by atoms with Crippen LogP contribution < -0.4 is 10.6 Å². The van der Waals surface area contributed by atoms with Gasteiger partial charge < -0.3 is 10.6 Å². The molecule has 1 aromatic carbocycles. The highest BCUT2D eigenvalue weighted by Gasteiger charge is 2.03. The van der Waals surface area contributed by atoms with Gasteiger partial charge in [-0.25, -0.2) is 0 Å². The van der Waals surface area contributed by atoms with Crippen molar-refractivity contribution >= 4 is 35.4 Å². The van der Waals surface area contributed by atoms with Gasteiger partial charge in [0.05, 0.1) is 10.7 Å². The predicted octanol–water partition coefficient (Wildman–Crippen LogP) is 3.19. The van der Waals surface area contributed by atoms with E-state index in [4.69, 9.17) is 17.3 Å². The van der Waals surface area contributed by atoms with E-state index >= 15 is 0 Å². The number of hydrogen-bond acceptors (Lipinski definition) is 2. The van der Waals surface area contributed by atoms with Gasteiger partial charge in [-0.2, -0.15) is 0 Å². The van der Waals surface area contributed by atoms with E-state index in [-0.39, 0.29) is 12.4 Å². The normalized spacial score (nSPS) is 9.36. The third kappa shape index (κ3) is 2.96. The van der Waals surface area contributed by atoms with Crippen molar-refractivity contribution in [3.8, 4) is 0 Å². The van der Waals surface area contributed by atoms with Gasteiger partial charge in [0.15, 0.2) is 0 Å². The van der Waals surface area contributed by atoms with Crippen LogP contribution in [0.1, 0.15) is 13.8 Å². The highest BCUT2D eigenvalue weighted by atomic mass is 35.5. The first-order valence-corrected chi connectivity index (χ1v) is 4.86. The molecule has 0 aromatic heterocycles. The van der Waals surface area contributed by atoms with Gasteiger partial charge in [0.25, 0.3) is 0 Å². The molecule has 0 spiro atoms. The van der Waals surface area contributed by atoms with Crippen molar-refractivity contribution in [3.05, 3.63) is 23.2 Å². The first kappa shape index (κ1) is 13.4. The standard InChI is InChI=1S/C10H15ClN2.ClH/c1-3-13(4-2)8-5-6-10(12)9(11)7-8;/h5-7H,3-4,12H2,1-2H3;1H. The molecule has 0 aliphatic rings. The summed E-state index contributed by atoms with van der Waals surface area (Å²) in [5, 5.41) is 0.629. The van der Waals surface area contributed by atoms with Crippen molar-refractivity contribution in [1.82, 2.24) is 0 Å². The highest BCUT2D eigenvalue weighted by molar-refractivity contribution is 6.33. The molecule has 0 unspecified atom stereocenters. The third-order valence-electron chi connectivity index (χ3n) is 2.11. The molecular weight excluding hydrogens is 219 g/mol. The lowest BCUT2D eigenvalue weighted by Gasteiger charge is -2.21. The Morgan fingerprint density at radius 3 is 2.29 bits per heavy atom. The first-order valence-electron chi connectivity index (χ1n) is 4.49. The lowest BCUT2D eigenvalue weighted by molar-refractivity contribution is 0.866. The highest BCUT2D eigenvalue weighted by Crippen LogP contribution is 2.24. The second-order valence-electron chi connectivity index (χ2n) is 2.88. The quantitative estimate of drug-likeness (QED) is 0.815. The largest absolute Gasteiger partial charge is 0.398 e. The summed E-state index contributed by atoms with van der Waals surface area (Å²) in [6.07, 6.45) is 0. The molecule has 1 rings (SSSR count). The van der Waals surface area contributed by atoms with Crippen LogP contribution in [0.15, 0.2) is 18.2 Å². The number of nitrogens with zero attached hydrogens (tertiary/aromatic N) is 1. The summed E-state index contributed by atoms with van der Waals surface area (Å²) >= 11 is 5.92. The van der Waals surface area contributed by atoms with Gasteiger partial charge >= 0.3 is 0 Å². The Hall–Kier alpha value is -0.600. The van der Waals surface area contributed by atoms with Crippen LogP contribution in [-0.2, 0) is 0 Å². The van der Waals surface area contributed by atoms with Crippen molar-refractivity contribution in [2.45, 2.75) is 13.8 Å². The fourth-order valence-electron chi connectivity index (χ4n) is 1.30. The van der Waals surface area contributed by atoms with Gasteiger partial charge in [0, 0.05) is 18.8 Å². The molecule has 2 N–H and O–H groups in total. The molecule has 1 aromatic rings. The SMILES string of the molecule is CCN(CC)c1ccc(N)c(Cl)c1.Cl.